The minimum atomic E-state index is -0.703. The van der Waals surface area contributed by atoms with Gasteiger partial charge in [0.05, 0.1) is 17.7 Å². The lowest BCUT2D eigenvalue weighted by Crippen LogP contribution is -2.29. The van der Waals surface area contributed by atoms with Gasteiger partial charge in [-0.1, -0.05) is 11.2 Å². The number of nitrogens with zero attached hydrogens (tertiary/aromatic N) is 6. The van der Waals surface area contributed by atoms with Crippen molar-refractivity contribution in [2.24, 2.45) is 0 Å². The van der Waals surface area contributed by atoms with E-state index < -0.39 is 16.5 Å². The van der Waals surface area contributed by atoms with Gasteiger partial charge in [0.2, 0.25) is 5.95 Å². The number of anilines is 2. The standard InChI is InChI=1S/C19H14N8O5/c1-32-13-8-10(4-7-12(13)28)17-14-15(9-2-5-11(6-3-9)27(30)31)21-22-18(29)16(14)20-19-23-24-25-26(17)19/h2-8,17,28H,1H3,(H,22,29)(H,20,23,25). The van der Waals surface area contributed by atoms with Gasteiger partial charge >= 0.3 is 0 Å². The van der Waals surface area contributed by atoms with E-state index in [0.717, 1.165) is 0 Å². The zero-order valence-electron chi connectivity index (χ0n) is 16.4. The second-order valence-electron chi connectivity index (χ2n) is 6.90. The summed E-state index contributed by atoms with van der Waals surface area (Å²) in [5, 5.41) is 42.3. The molecule has 0 bridgehead atoms. The second-order valence-corrected chi connectivity index (χ2v) is 6.90. The van der Waals surface area contributed by atoms with Crippen LogP contribution >= 0.6 is 0 Å². The maximum atomic E-state index is 12.7. The average Bonchev–Trinajstić information content (AvgIpc) is 3.27. The molecular formula is C19H14N8O5. The van der Waals surface area contributed by atoms with Crippen LogP contribution in [0.2, 0.25) is 0 Å². The Hall–Kier alpha value is -4.81. The fourth-order valence-electron chi connectivity index (χ4n) is 3.67. The van der Waals surface area contributed by atoms with Crippen molar-refractivity contribution in [3.05, 3.63) is 74.1 Å². The summed E-state index contributed by atoms with van der Waals surface area (Å²) in [6, 6.07) is 9.82. The molecule has 4 aromatic rings. The van der Waals surface area contributed by atoms with E-state index in [-0.39, 0.29) is 28.8 Å². The van der Waals surface area contributed by atoms with Gasteiger partial charge in [-0.3, -0.25) is 14.9 Å². The van der Waals surface area contributed by atoms with Crippen molar-refractivity contribution in [1.82, 2.24) is 30.4 Å². The first-order valence-electron chi connectivity index (χ1n) is 9.27. The lowest BCUT2D eigenvalue weighted by molar-refractivity contribution is -0.384. The fraction of sp³-hybridized carbons (Fsp3) is 0.105. The lowest BCUT2D eigenvalue weighted by Gasteiger charge is -2.28. The lowest BCUT2D eigenvalue weighted by atomic mass is 9.92. The minimum Gasteiger partial charge on any atom is -0.504 e. The van der Waals surface area contributed by atoms with Crippen LogP contribution in [0, 0.1) is 10.1 Å². The van der Waals surface area contributed by atoms with Crippen molar-refractivity contribution in [2.75, 3.05) is 12.4 Å². The third kappa shape index (κ3) is 2.91. The quantitative estimate of drug-likeness (QED) is 0.279. The van der Waals surface area contributed by atoms with E-state index >= 15 is 0 Å². The van der Waals surface area contributed by atoms with Gasteiger partial charge in [0.15, 0.2) is 11.5 Å². The number of nitro benzene ring substituents is 1. The van der Waals surface area contributed by atoms with Gasteiger partial charge in [-0.2, -0.15) is 9.78 Å². The SMILES string of the molecule is COc1cc(C2c3c(-c4ccc([N+](=O)[O-])cc4)n[nH]c(=O)c3Nc3nnnn32)ccc1O. The van der Waals surface area contributed by atoms with Crippen molar-refractivity contribution in [1.29, 1.82) is 0 Å². The van der Waals surface area contributed by atoms with E-state index in [1.165, 1.54) is 30.0 Å². The Morgan fingerprint density at radius 2 is 2.00 bits per heavy atom. The van der Waals surface area contributed by atoms with E-state index in [9.17, 15) is 20.0 Å². The Morgan fingerprint density at radius 3 is 2.72 bits per heavy atom. The summed E-state index contributed by atoms with van der Waals surface area (Å²) in [6.07, 6.45) is 0. The number of ether oxygens (including phenoxy) is 1. The molecule has 3 heterocycles. The smallest absolute Gasteiger partial charge is 0.288 e. The molecule has 13 nitrogen and oxygen atoms in total. The van der Waals surface area contributed by atoms with E-state index in [1.54, 1.807) is 24.3 Å². The second kappa shape index (κ2) is 7.16. The van der Waals surface area contributed by atoms with Crippen molar-refractivity contribution in [3.63, 3.8) is 0 Å². The number of aromatic hydroxyl groups is 1. The summed E-state index contributed by atoms with van der Waals surface area (Å²) in [4.78, 5) is 23.2. The van der Waals surface area contributed by atoms with Crippen LogP contribution < -0.4 is 15.6 Å². The molecule has 1 unspecified atom stereocenters. The number of H-pyrrole nitrogens is 1. The molecule has 1 atom stereocenters. The van der Waals surface area contributed by atoms with Crippen LogP contribution in [0.15, 0.2) is 47.3 Å². The van der Waals surface area contributed by atoms with Crippen molar-refractivity contribution in [3.8, 4) is 22.8 Å². The van der Waals surface area contributed by atoms with Crippen LogP contribution in [0.1, 0.15) is 17.2 Å². The zero-order valence-corrected chi connectivity index (χ0v) is 16.4. The molecule has 32 heavy (non-hydrogen) atoms. The largest absolute Gasteiger partial charge is 0.504 e. The zero-order chi connectivity index (χ0) is 22.4. The van der Waals surface area contributed by atoms with E-state index in [4.69, 9.17) is 4.74 Å². The number of fused-ring (bicyclic) bond motifs is 2. The minimum absolute atomic E-state index is 0.0537. The third-order valence-electron chi connectivity index (χ3n) is 5.14. The summed E-state index contributed by atoms with van der Waals surface area (Å²) in [5.41, 5.74) is 1.61. The molecule has 0 spiro atoms. The number of nitro groups is 1. The molecular weight excluding hydrogens is 420 g/mol. The summed E-state index contributed by atoms with van der Waals surface area (Å²) >= 11 is 0. The highest BCUT2D eigenvalue weighted by atomic mass is 16.6. The molecule has 0 saturated carbocycles. The Kier molecular flexibility index (Phi) is 4.29. The van der Waals surface area contributed by atoms with Gasteiger partial charge in [-0.15, -0.1) is 0 Å². The molecule has 0 amide bonds. The number of aromatic amines is 1. The van der Waals surface area contributed by atoms with E-state index in [0.29, 0.717) is 22.4 Å². The van der Waals surface area contributed by atoms with Crippen LogP contribution in [0.3, 0.4) is 0 Å². The number of tetrazole rings is 1. The Bertz CT molecular complexity index is 1410. The number of aromatic nitrogens is 6. The first kappa shape index (κ1) is 19.2. The number of benzene rings is 2. The van der Waals surface area contributed by atoms with Crippen LogP contribution in [0.4, 0.5) is 17.3 Å². The van der Waals surface area contributed by atoms with Gasteiger partial charge in [0.1, 0.15) is 11.7 Å². The van der Waals surface area contributed by atoms with Crippen molar-refractivity contribution >= 4 is 17.3 Å². The van der Waals surface area contributed by atoms with Gasteiger partial charge in [0, 0.05) is 23.3 Å². The molecule has 1 aliphatic rings. The number of methoxy groups -OCH3 is 1. The van der Waals surface area contributed by atoms with Crippen LogP contribution in [-0.2, 0) is 0 Å². The Morgan fingerprint density at radius 1 is 1.22 bits per heavy atom. The molecule has 1 aliphatic heterocycles. The summed E-state index contributed by atoms with van der Waals surface area (Å²) in [7, 11) is 1.42. The Labute approximate surface area is 178 Å². The van der Waals surface area contributed by atoms with Crippen LogP contribution in [0.25, 0.3) is 11.3 Å². The topological polar surface area (TPSA) is 174 Å². The number of nitrogens with one attached hydrogen (secondary N) is 2. The molecule has 3 N–H and O–H groups in total. The molecule has 2 aromatic heterocycles. The number of phenolic OH excluding ortho intramolecular Hbond substituents is 1. The number of hydrogen-bond acceptors (Lipinski definition) is 10. The molecule has 5 rings (SSSR count). The van der Waals surface area contributed by atoms with Gasteiger partial charge in [-0.05, 0) is 40.3 Å². The summed E-state index contributed by atoms with van der Waals surface area (Å²) < 4.78 is 6.71. The molecule has 2 aromatic carbocycles. The predicted octanol–water partition coefficient (Wildman–Crippen LogP) is 1.74. The highest BCUT2D eigenvalue weighted by Crippen LogP contribution is 2.42. The number of phenols is 1. The molecule has 0 saturated heterocycles. The molecule has 160 valence electrons. The monoisotopic (exact) mass is 434 g/mol. The molecule has 13 heteroatoms. The summed E-state index contributed by atoms with van der Waals surface area (Å²) in [6.45, 7) is 0. The molecule has 0 fully saturated rings. The number of hydrogen-bond donors (Lipinski definition) is 3. The third-order valence-corrected chi connectivity index (χ3v) is 5.14. The van der Waals surface area contributed by atoms with Gasteiger partial charge in [-0.25, -0.2) is 5.10 Å². The average molecular weight is 434 g/mol. The highest BCUT2D eigenvalue weighted by molar-refractivity contribution is 5.76. The number of non-ortho nitro benzene ring substituents is 1. The molecule has 0 radical (unpaired) electrons. The van der Waals surface area contributed by atoms with Crippen LogP contribution in [0.5, 0.6) is 11.5 Å². The first-order valence-corrected chi connectivity index (χ1v) is 9.27. The summed E-state index contributed by atoms with van der Waals surface area (Å²) in [5.74, 6) is 0.412. The first-order chi connectivity index (χ1) is 15.5. The predicted molar refractivity (Wildman–Crippen MR) is 110 cm³/mol. The van der Waals surface area contributed by atoms with Crippen molar-refractivity contribution in [2.45, 2.75) is 6.04 Å². The van der Waals surface area contributed by atoms with Crippen molar-refractivity contribution < 1.29 is 14.8 Å². The van der Waals surface area contributed by atoms with Crippen LogP contribution in [-0.4, -0.2) is 47.5 Å². The fourth-order valence-corrected chi connectivity index (χ4v) is 3.67. The number of rotatable bonds is 4. The maximum absolute atomic E-state index is 12.7. The van der Waals surface area contributed by atoms with Gasteiger partial charge in [0.25, 0.3) is 11.2 Å². The Balaban J connectivity index is 1.77. The van der Waals surface area contributed by atoms with E-state index in [2.05, 4.69) is 31.0 Å². The van der Waals surface area contributed by atoms with E-state index in [1.807, 2.05) is 0 Å². The maximum Gasteiger partial charge on any atom is 0.288 e. The van der Waals surface area contributed by atoms with Gasteiger partial charge < -0.3 is 15.2 Å². The normalized spacial score (nSPS) is 14.2. The highest BCUT2D eigenvalue weighted by Gasteiger charge is 2.34. The molecule has 0 aliphatic carbocycles.